The molecule has 2 nitrogen and oxygen atoms in total. The number of rotatable bonds is 2. The Labute approximate surface area is 65.0 Å². The van der Waals surface area contributed by atoms with E-state index in [9.17, 15) is 0 Å². The lowest BCUT2D eigenvalue weighted by Gasteiger charge is -1.93. The topological polar surface area (TPSA) is 13.1 Å². The number of aromatic nitrogens is 1. The number of pyridine rings is 1. The van der Waals surface area contributed by atoms with Crippen LogP contribution in [0, 0.1) is 0 Å². The molecule has 0 atom stereocenters. The van der Waals surface area contributed by atoms with Crippen molar-refractivity contribution in [2.45, 2.75) is 6.92 Å². The molecule has 0 N–H and O–H groups in total. The number of hydrogen-bond donors (Lipinski definition) is 0. The molecule has 0 saturated carbocycles. The third-order valence-corrected chi connectivity index (χ3v) is 1.34. The quantitative estimate of drug-likeness (QED) is 0.464. The molecule has 1 aromatic heterocycles. The monoisotopic (exact) mass is 158 g/mol. The van der Waals surface area contributed by atoms with Gasteiger partial charge < -0.3 is 0 Å². The maximum absolute atomic E-state index is 5.74. The van der Waals surface area contributed by atoms with E-state index >= 15 is 0 Å². The van der Waals surface area contributed by atoms with Crippen LogP contribution in [0.25, 0.3) is 0 Å². The zero-order chi connectivity index (χ0) is 7.40. The molecule has 0 spiro atoms. The average Bonchev–Trinajstić information content (AvgIpc) is 1.94. The Morgan fingerprint density at radius 2 is 2.40 bits per heavy atom. The van der Waals surface area contributed by atoms with Crippen LogP contribution in [-0.4, -0.2) is 6.61 Å². The van der Waals surface area contributed by atoms with Crippen molar-refractivity contribution in [2.24, 2.45) is 0 Å². The van der Waals surface area contributed by atoms with Gasteiger partial charge in [0.25, 0.3) is 0 Å². The zero-order valence-corrected chi connectivity index (χ0v) is 6.51. The summed E-state index contributed by atoms with van der Waals surface area (Å²) >= 11 is 5.74. The summed E-state index contributed by atoms with van der Waals surface area (Å²) < 4.78 is 1.53. The van der Waals surface area contributed by atoms with Crippen molar-refractivity contribution in [1.29, 1.82) is 0 Å². The molecular formula is C7H9ClNO+. The van der Waals surface area contributed by atoms with Gasteiger partial charge in [-0.05, 0) is 24.6 Å². The number of halogens is 1. The molecule has 0 aromatic carbocycles. The van der Waals surface area contributed by atoms with Crippen molar-refractivity contribution in [3.63, 3.8) is 0 Å². The Balaban J connectivity index is 2.81. The molecule has 0 aliphatic heterocycles. The van der Waals surface area contributed by atoms with Crippen LogP contribution in [-0.2, 0) is 0 Å². The van der Waals surface area contributed by atoms with E-state index in [-0.39, 0.29) is 0 Å². The van der Waals surface area contributed by atoms with E-state index < -0.39 is 0 Å². The summed E-state index contributed by atoms with van der Waals surface area (Å²) in [5, 5.41) is 0.587. The Kier molecular flexibility index (Phi) is 2.51. The van der Waals surface area contributed by atoms with Gasteiger partial charge in [0.2, 0.25) is 6.20 Å². The molecular weight excluding hydrogens is 150 g/mol. The first-order valence-electron chi connectivity index (χ1n) is 3.14. The molecule has 0 fully saturated rings. The van der Waals surface area contributed by atoms with Crippen molar-refractivity contribution in [3.8, 4) is 0 Å². The first kappa shape index (κ1) is 7.35. The second kappa shape index (κ2) is 3.42. The fourth-order valence-electron chi connectivity index (χ4n) is 0.651. The lowest BCUT2D eigenvalue weighted by atomic mass is 10.5. The summed E-state index contributed by atoms with van der Waals surface area (Å²) in [6, 6.07) is 5.50. The van der Waals surface area contributed by atoms with Crippen molar-refractivity contribution in [1.82, 2.24) is 0 Å². The van der Waals surface area contributed by atoms with Crippen molar-refractivity contribution in [3.05, 3.63) is 29.5 Å². The molecule has 0 aliphatic carbocycles. The van der Waals surface area contributed by atoms with Crippen molar-refractivity contribution < 1.29 is 9.57 Å². The van der Waals surface area contributed by atoms with Gasteiger partial charge in [-0.15, -0.1) is 0 Å². The normalized spacial score (nSPS) is 9.40. The highest BCUT2D eigenvalue weighted by atomic mass is 35.5. The van der Waals surface area contributed by atoms with Gasteiger partial charge in [0.1, 0.15) is 0 Å². The van der Waals surface area contributed by atoms with Gasteiger partial charge >= 0.3 is 5.15 Å². The van der Waals surface area contributed by atoms with E-state index in [0.717, 1.165) is 0 Å². The summed E-state index contributed by atoms with van der Waals surface area (Å²) in [6.45, 7) is 2.53. The molecule has 10 heavy (non-hydrogen) atoms. The minimum Gasteiger partial charge on any atom is -0.270 e. The smallest absolute Gasteiger partial charge is 0.270 e. The van der Waals surface area contributed by atoms with E-state index in [1.165, 1.54) is 4.73 Å². The highest BCUT2D eigenvalue weighted by Crippen LogP contribution is 1.96. The molecule has 1 rings (SSSR count). The number of hydrogen-bond acceptors (Lipinski definition) is 1. The highest BCUT2D eigenvalue weighted by Gasteiger charge is 2.04. The fraction of sp³-hybridized carbons (Fsp3) is 0.286. The summed E-state index contributed by atoms with van der Waals surface area (Å²) in [5.74, 6) is 0. The van der Waals surface area contributed by atoms with Gasteiger partial charge in [0, 0.05) is 16.9 Å². The Bertz CT molecular complexity index is 215. The fourth-order valence-corrected chi connectivity index (χ4v) is 0.829. The summed E-state index contributed by atoms with van der Waals surface area (Å²) in [6.07, 6.45) is 1.77. The van der Waals surface area contributed by atoms with Gasteiger partial charge in [0.05, 0.1) is 0 Å². The predicted octanol–water partition coefficient (Wildman–Crippen LogP) is 1.08. The molecule has 0 unspecified atom stereocenters. The summed E-state index contributed by atoms with van der Waals surface area (Å²) in [4.78, 5) is 5.12. The molecule has 54 valence electrons. The maximum atomic E-state index is 5.74. The minimum absolute atomic E-state index is 0.587. The molecule has 1 heterocycles. The van der Waals surface area contributed by atoms with Gasteiger partial charge in [0.15, 0.2) is 6.61 Å². The second-order valence-corrected chi connectivity index (χ2v) is 2.15. The minimum atomic E-state index is 0.587. The average molecular weight is 159 g/mol. The van der Waals surface area contributed by atoms with Crippen LogP contribution in [0.1, 0.15) is 6.92 Å². The third-order valence-electron chi connectivity index (χ3n) is 1.05. The largest absolute Gasteiger partial charge is 0.325 e. The van der Waals surface area contributed by atoms with Crippen LogP contribution < -0.4 is 9.57 Å². The van der Waals surface area contributed by atoms with Gasteiger partial charge in [-0.25, -0.2) is 0 Å². The highest BCUT2D eigenvalue weighted by molar-refractivity contribution is 6.28. The van der Waals surface area contributed by atoms with E-state index in [0.29, 0.717) is 11.8 Å². The second-order valence-electron chi connectivity index (χ2n) is 1.77. The molecule has 0 saturated heterocycles. The van der Waals surface area contributed by atoms with E-state index in [1.54, 1.807) is 12.3 Å². The van der Waals surface area contributed by atoms with E-state index in [1.807, 2.05) is 19.1 Å². The Hall–Kier alpha value is -0.760. The Morgan fingerprint density at radius 1 is 1.60 bits per heavy atom. The predicted molar refractivity (Wildman–Crippen MR) is 38.8 cm³/mol. The van der Waals surface area contributed by atoms with E-state index in [2.05, 4.69) is 0 Å². The lowest BCUT2D eigenvalue weighted by Crippen LogP contribution is -2.43. The van der Waals surface area contributed by atoms with Crippen LogP contribution in [0.4, 0.5) is 0 Å². The third kappa shape index (κ3) is 1.61. The van der Waals surface area contributed by atoms with Gasteiger partial charge in [-0.2, -0.15) is 0 Å². The van der Waals surface area contributed by atoms with Crippen LogP contribution in [0.3, 0.4) is 0 Å². The molecule has 0 amide bonds. The van der Waals surface area contributed by atoms with Gasteiger partial charge in [-0.3, -0.25) is 4.84 Å². The number of nitrogens with zero attached hydrogens (tertiary/aromatic N) is 1. The van der Waals surface area contributed by atoms with Gasteiger partial charge in [-0.1, -0.05) is 0 Å². The Morgan fingerprint density at radius 3 is 3.00 bits per heavy atom. The maximum Gasteiger partial charge on any atom is 0.325 e. The summed E-state index contributed by atoms with van der Waals surface area (Å²) in [7, 11) is 0. The standard InChI is InChI=1S/C7H9ClNO/c1-2-10-9-6-4-3-5-7(9)8/h3-6H,2H2,1H3/q+1. The SMILES string of the molecule is CCO[n+]1ccccc1Cl. The molecule has 0 radical (unpaired) electrons. The van der Waals surface area contributed by atoms with Crippen LogP contribution in [0.5, 0.6) is 0 Å². The van der Waals surface area contributed by atoms with Crippen LogP contribution in [0.15, 0.2) is 24.4 Å². The van der Waals surface area contributed by atoms with Crippen molar-refractivity contribution in [2.75, 3.05) is 6.61 Å². The molecule has 3 heteroatoms. The molecule has 1 aromatic rings. The summed E-state index contributed by atoms with van der Waals surface area (Å²) in [5.41, 5.74) is 0. The molecule has 0 bridgehead atoms. The first-order chi connectivity index (χ1) is 4.84. The van der Waals surface area contributed by atoms with Crippen molar-refractivity contribution >= 4 is 11.6 Å². The lowest BCUT2D eigenvalue weighted by molar-refractivity contribution is -0.889. The first-order valence-corrected chi connectivity index (χ1v) is 3.52. The van der Waals surface area contributed by atoms with E-state index in [4.69, 9.17) is 16.4 Å². The zero-order valence-electron chi connectivity index (χ0n) is 5.75. The van der Waals surface area contributed by atoms with Crippen LogP contribution >= 0.6 is 11.6 Å². The molecule has 0 aliphatic rings. The van der Waals surface area contributed by atoms with Crippen LogP contribution in [0.2, 0.25) is 5.15 Å².